The molecule has 0 aliphatic carbocycles. The molecule has 0 unspecified atom stereocenters. The second kappa shape index (κ2) is 18.9. The molecule has 0 atom stereocenters. The molecule has 2 N–H and O–H groups in total. The van der Waals surface area contributed by atoms with Crippen LogP contribution in [0.4, 0.5) is 0 Å². The van der Waals surface area contributed by atoms with Crippen LogP contribution in [0, 0.1) is 0 Å². The van der Waals surface area contributed by atoms with Crippen LogP contribution in [0.25, 0.3) is 0 Å². The number of hydrogen-bond donors (Lipinski definition) is 2. The molecule has 0 aliphatic rings. The van der Waals surface area contributed by atoms with Crippen LogP contribution in [0.3, 0.4) is 0 Å². The Morgan fingerprint density at radius 1 is 0.913 bits per heavy atom. The van der Waals surface area contributed by atoms with Crippen LogP contribution in [0.15, 0.2) is 0 Å². The lowest BCUT2D eigenvalue weighted by molar-refractivity contribution is -0.136. The summed E-state index contributed by atoms with van der Waals surface area (Å²) in [7, 11) is 4.11. The number of aliphatic carboxylic acids is 1. The zero-order chi connectivity index (χ0) is 17.9. The van der Waals surface area contributed by atoms with Crippen molar-refractivity contribution < 1.29 is 14.7 Å². The van der Waals surface area contributed by atoms with Gasteiger partial charge in [-0.3, -0.25) is 9.59 Å². The Bertz CT molecular complexity index is 281. The number of carboxylic acid groups (broad SMARTS) is 1. The lowest BCUT2D eigenvalue weighted by Crippen LogP contribution is -2.26. The molecule has 0 saturated carbocycles. The molecular formula is C18H38N2O3. The van der Waals surface area contributed by atoms with Gasteiger partial charge in [-0.15, -0.1) is 0 Å². The number of carboxylic acids is 1. The van der Waals surface area contributed by atoms with Crippen LogP contribution in [0.1, 0.15) is 78.1 Å². The van der Waals surface area contributed by atoms with Crippen molar-refractivity contribution >= 4 is 11.9 Å². The van der Waals surface area contributed by atoms with Gasteiger partial charge in [0, 0.05) is 19.4 Å². The molecule has 0 fully saturated rings. The highest BCUT2D eigenvalue weighted by molar-refractivity contribution is 5.75. The molecule has 0 heterocycles. The van der Waals surface area contributed by atoms with E-state index in [1.54, 1.807) is 6.92 Å². The predicted molar refractivity (Wildman–Crippen MR) is 96.7 cm³/mol. The third-order valence-corrected chi connectivity index (χ3v) is 3.41. The van der Waals surface area contributed by atoms with Gasteiger partial charge in [-0.25, -0.2) is 0 Å². The number of unbranched alkanes of at least 4 members (excludes halogenated alkanes) is 6. The van der Waals surface area contributed by atoms with E-state index in [1.807, 2.05) is 0 Å². The molecular weight excluding hydrogens is 292 g/mol. The third kappa shape index (κ3) is 26.1. The molecule has 0 aromatic rings. The Hall–Kier alpha value is -1.10. The summed E-state index contributed by atoms with van der Waals surface area (Å²) in [4.78, 5) is 23.0. The fourth-order valence-electron chi connectivity index (χ4n) is 1.95. The first-order chi connectivity index (χ1) is 10.9. The lowest BCUT2D eigenvalue weighted by atomic mass is 10.1. The number of amides is 1. The maximum absolute atomic E-state index is 11.5. The number of rotatable bonds is 13. The monoisotopic (exact) mass is 330 g/mol. The fourth-order valence-corrected chi connectivity index (χ4v) is 1.95. The molecule has 1 amide bonds. The van der Waals surface area contributed by atoms with E-state index in [2.05, 4.69) is 31.2 Å². The van der Waals surface area contributed by atoms with Crippen LogP contribution in [-0.4, -0.2) is 49.1 Å². The van der Waals surface area contributed by atoms with Crippen LogP contribution in [-0.2, 0) is 9.59 Å². The Morgan fingerprint density at radius 3 is 1.91 bits per heavy atom. The Morgan fingerprint density at radius 2 is 1.43 bits per heavy atom. The summed E-state index contributed by atoms with van der Waals surface area (Å²) in [6.07, 6.45) is 10.8. The van der Waals surface area contributed by atoms with Crippen molar-refractivity contribution in [2.24, 2.45) is 0 Å². The first kappa shape index (κ1) is 24.2. The van der Waals surface area contributed by atoms with E-state index in [0.717, 1.165) is 25.9 Å². The van der Waals surface area contributed by atoms with Crippen molar-refractivity contribution in [3.05, 3.63) is 0 Å². The van der Waals surface area contributed by atoms with E-state index in [1.165, 1.54) is 38.5 Å². The number of nitrogens with one attached hydrogen (secondary N) is 1. The third-order valence-electron chi connectivity index (χ3n) is 3.41. The second-order valence-corrected chi connectivity index (χ2v) is 6.13. The molecule has 0 radical (unpaired) electrons. The van der Waals surface area contributed by atoms with Gasteiger partial charge >= 0.3 is 5.97 Å². The number of carbonyl (C=O) groups is 2. The SMILES string of the molecule is CCC(=O)O.CCCCCCCCCC(=O)NCCCN(C)C. The summed E-state index contributed by atoms with van der Waals surface area (Å²) in [6, 6.07) is 0. The average Bonchev–Trinajstić information content (AvgIpc) is 2.51. The zero-order valence-electron chi connectivity index (χ0n) is 15.7. The summed E-state index contributed by atoms with van der Waals surface area (Å²) in [6.45, 7) is 5.69. The van der Waals surface area contributed by atoms with Crippen molar-refractivity contribution in [2.75, 3.05) is 27.2 Å². The standard InChI is InChI=1S/C15H32N2O.C3H6O2/c1-4-5-6-7-8-9-10-12-15(18)16-13-11-14-17(2)3;1-2-3(4)5/h4-14H2,1-3H3,(H,16,18);2H2,1H3,(H,4,5). The molecule has 0 rings (SSSR count). The van der Waals surface area contributed by atoms with E-state index < -0.39 is 5.97 Å². The van der Waals surface area contributed by atoms with E-state index in [4.69, 9.17) is 5.11 Å². The Balaban J connectivity index is 0. The van der Waals surface area contributed by atoms with Gasteiger partial charge in [0.05, 0.1) is 0 Å². The van der Waals surface area contributed by atoms with Crippen molar-refractivity contribution in [1.29, 1.82) is 0 Å². The quantitative estimate of drug-likeness (QED) is 0.505. The predicted octanol–water partition coefficient (Wildman–Crippen LogP) is 3.68. The fraction of sp³-hybridized carbons (Fsp3) is 0.889. The van der Waals surface area contributed by atoms with E-state index in [9.17, 15) is 9.59 Å². The maximum Gasteiger partial charge on any atom is 0.303 e. The van der Waals surface area contributed by atoms with Gasteiger partial charge < -0.3 is 15.3 Å². The molecule has 138 valence electrons. The number of carbonyl (C=O) groups excluding carboxylic acids is 1. The van der Waals surface area contributed by atoms with Gasteiger partial charge in [-0.05, 0) is 33.5 Å². The van der Waals surface area contributed by atoms with Crippen molar-refractivity contribution in [3.8, 4) is 0 Å². The normalized spacial score (nSPS) is 10.1. The highest BCUT2D eigenvalue weighted by atomic mass is 16.4. The summed E-state index contributed by atoms with van der Waals surface area (Å²) < 4.78 is 0. The highest BCUT2D eigenvalue weighted by Gasteiger charge is 2.00. The number of nitrogens with zero attached hydrogens (tertiary/aromatic N) is 1. The summed E-state index contributed by atoms with van der Waals surface area (Å²) in [5.74, 6) is -0.521. The van der Waals surface area contributed by atoms with Crippen molar-refractivity contribution in [2.45, 2.75) is 78.1 Å². The molecule has 5 nitrogen and oxygen atoms in total. The summed E-state index contributed by atoms with van der Waals surface area (Å²) >= 11 is 0. The summed E-state index contributed by atoms with van der Waals surface area (Å²) in [5, 5.41) is 10.7. The first-order valence-corrected chi connectivity index (χ1v) is 9.07. The van der Waals surface area contributed by atoms with E-state index in [-0.39, 0.29) is 12.3 Å². The minimum absolute atomic E-state index is 0.222. The van der Waals surface area contributed by atoms with E-state index >= 15 is 0 Å². The smallest absolute Gasteiger partial charge is 0.303 e. The Kier molecular flexibility index (Phi) is 19.9. The minimum Gasteiger partial charge on any atom is -0.481 e. The van der Waals surface area contributed by atoms with Gasteiger partial charge in [-0.2, -0.15) is 0 Å². The average molecular weight is 331 g/mol. The van der Waals surface area contributed by atoms with Crippen molar-refractivity contribution in [3.63, 3.8) is 0 Å². The van der Waals surface area contributed by atoms with Crippen LogP contribution >= 0.6 is 0 Å². The largest absolute Gasteiger partial charge is 0.481 e. The van der Waals surface area contributed by atoms with Gasteiger partial charge in [0.1, 0.15) is 0 Å². The lowest BCUT2D eigenvalue weighted by Gasteiger charge is -2.09. The minimum atomic E-state index is -0.745. The molecule has 5 heteroatoms. The Labute approximate surface area is 142 Å². The van der Waals surface area contributed by atoms with Gasteiger partial charge in [0.15, 0.2) is 0 Å². The molecule has 0 spiro atoms. The molecule has 0 bridgehead atoms. The van der Waals surface area contributed by atoms with Crippen LogP contribution < -0.4 is 5.32 Å². The summed E-state index contributed by atoms with van der Waals surface area (Å²) in [5.41, 5.74) is 0. The molecule has 0 aromatic heterocycles. The molecule has 0 aliphatic heterocycles. The van der Waals surface area contributed by atoms with Gasteiger partial charge in [-0.1, -0.05) is 52.4 Å². The topological polar surface area (TPSA) is 69.6 Å². The molecule has 0 saturated heterocycles. The first-order valence-electron chi connectivity index (χ1n) is 9.07. The highest BCUT2D eigenvalue weighted by Crippen LogP contribution is 2.08. The number of hydrogen-bond acceptors (Lipinski definition) is 3. The zero-order valence-corrected chi connectivity index (χ0v) is 15.7. The van der Waals surface area contributed by atoms with Crippen LogP contribution in [0.2, 0.25) is 0 Å². The van der Waals surface area contributed by atoms with Crippen LogP contribution in [0.5, 0.6) is 0 Å². The van der Waals surface area contributed by atoms with E-state index in [0.29, 0.717) is 6.42 Å². The maximum atomic E-state index is 11.5. The van der Waals surface area contributed by atoms with Gasteiger partial charge in [0.25, 0.3) is 0 Å². The van der Waals surface area contributed by atoms with Gasteiger partial charge in [0.2, 0.25) is 5.91 Å². The second-order valence-electron chi connectivity index (χ2n) is 6.13. The van der Waals surface area contributed by atoms with Crippen molar-refractivity contribution in [1.82, 2.24) is 10.2 Å². The molecule has 23 heavy (non-hydrogen) atoms. The molecule has 0 aromatic carbocycles.